The molecule has 1 aliphatic heterocycles. The second kappa shape index (κ2) is 8.92. The van der Waals surface area contributed by atoms with E-state index in [0.29, 0.717) is 17.8 Å². The van der Waals surface area contributed by atoms with Crippen molar-refractivity contribution in [2.45, 2.75) is 25.9 Å². The summed E-state index contributed by atoms with van der Waals surface area (Å²) in [6.07, 6.45) is 0.819. The molecule has 6 nitrogen and oxygen atoms in total. The van der Waals surface area contributed by atoms with Gasteiger partial charge < -0.3 is 20.3 Å². The van der Waals surface area contributed by atoms with Gasteiger partial charge in [0.15, 0.2) is 0 Å². The molecule has 3 amide bonds. The summed E-state index contributed by atoms with van der Waals surface area (Å²) < 4.78 is 5.12. The van der Waals surface area contributed by atoms with Crippen LogP contribution in [0.2, 0.25) is 0 Å². The maximum absolute atomic E-state index is 13.1. The van der Waals surface area contributed by atoms with Gasteiger partial charge in [-0.3, -0.25) is 4.79 Å². The van der Waals surface area contributed by atoms with E-state index in [1.807, 2.05) is 53.4 Å². The predicted octanol–water partition coefficient (Wildman–Crippen LogP) is 4.61. The monoisotopic (exact) mass is 415 g/mol. The van der Waals surface area contributed by atoms with Gasteiger partial charge in [-0.25, -0.2) is 4.79 Å². The Balaban J connectivity index is 1.43. The van der Waals surface area contributed by atoms with Crippen molar-refractivity contribution in [3.8, 4) is 5.75 Å². The number of benzene rings is 3. The molecule has 1 aliphatic rings. The summed E-state index contributed by atoms with van der Waals surface area (Å²) in [4.78, 5) is 27.2. The Morgan fingerprint density at radius 1 is 1.03 bits per heavy atom. The van der Waals surface area contributed by atoms with E-state index in [4.69, 9.17) is 4.74 Å². The van der Waals surface area contributed by atoms with Crippen molar-refractivity contribution in [1.29, 1.82) is 0 Å². The summed E-state index contributed by atoms with van der Waals surface area (Å²) >= 11 is 0. The van der Waals surface area contributed by atoms with Crippen LogP contribution in [0.15, 0.2) is 72.8 Å². The van der Waals surface area contributed by atoms with E-state index >= 15 is 0 Å². The van der Waals surface area contributed by atoms with E-state index < -0.39 is 0 Å². The molecule has 31 heavy (non-hydrogen) atoms. The van der Waals surface area contributed by atoms with Crippen LogP contribution in [0.25, 0.3) is 0 Å². The van der Waals surface area contributed by atoms with Crippen molar-refractivity contribution < 1.29 is 14.3 Å². The van der Waals surface area contributed by atoms with Crippen LogP contribution in [0, 0.1) is 0 Å². The normalized spacial score (nSPS) is 14.6. The van der Waals surface area contributed by atoms with Crippen molar-refractivity contribution in [3.63, 3.8) is 0 Å². The molecule has 1 atom stereocenters. The Kier molecular flexibility index (Phi) is 5.89. The van der Waals surface area contributed by atoms with Gasteiger partial charge in [-0.2, -0.15) is 0 Å². The van der Waals surface area contributed by atoms with Crippen LogP contribution < -0.4 is 20.3 Å². The Hall–Kier alpha value is -3.80. The Bertz CT molecular complexity index is 1080. The number of hydrogen-bond acceptors (Lipinski definition) is 3. The van der Waals surface area contributed by atoms with Crippen molar-refractivity contribution in [2.24, 2.45) is 0 Å². The summed E-state index contributed by atoms with van der Waals surface area (Å²) in [6.45, 7) is 2.41. The summed E-state index contributed by atoms with van der Waals surface area (Å²) in [6, 6.07) is 22.3. The number of ether oxygens (including phenoxy) is 1. The van der Waals surface area contributed by atoms with Gasteiger partial charge in [-0.1, -0.05) is 30.3 Å². The lowest BCUT2D eigenvalue weighted by atomic mass is 10.1. The molecule has 1 unspecified atom stereocenters. The number of methoxy groups -OCH3 is 1. The van der Waals surface area contributed by atoms with E-state index in [2.05, 4.69) is 17.6 Å². The molecule has 0 aromatic heterocycles. The lowest BCUT2D eigenvalue weighted by Gasteiger charge is -2.23. The standard InChI is InChI=1S/C25H25N3O3/c1-17-14-20-9-8-18(15-23(20)28(17)24(29)19-6-4-3-5-7-19)16-26-25(30)27-21-10-12-22(31-2)13-11-21/h3-13,15,17H,14,16H2,1-2H3,(H2,26,27,30). The molecule has 0 saturated carbocycles. The minimum Gasteiger partial charge on any atom is -0.497 e. The lowest BCUT2D eigenvalue weighted by Crippen LogP contribution is -2.35. The molecular formula is C25H25N3O3. The van der Waals surface area contributed by atoms with Crippen molar-refractivity contribution >= 4 is 23.3 Å². The number of amides is 3. The molecule has 6 heteroatoms. The third kappa shape index (κ3) is 4.53. The van der Waals surface area contributed by atoms with E-state index in [1.165, 1.54) is 0 Å². The maximum atomic E-state index is 13.1. The van der Waals surface area contributed by atoms with Crippen LogP contribution in [0.1, 0.15) is 28.4 Å². The zero-order valence-corrected chi connectivity index (χ0v) is 17.6. The molecule has 0 radical (unpaired) electrons. The molecule has 3 aromatic carbocycles. The van der Waals surface area contributed by atoms with E-state index in [-0.39, 0.29) is 18.0 Å². The first-order chi connectivity index (χ1) is 15.0. The van der Waals surface area contributed by atoms with Gasteiger partial charge in [0.1, 0.15) is 5.75 Å². The molecule has 4 rings (SSSR count). The van der Waals surface area contributed by atoms with Crippen LogP contribution in [-0.2, 0) is 13.0 Å². The number of nitrogens with zero attached hydrogens (tertiary/aromatic N) is 1. The first kappa shape index (κ1) is 20.5. The molecular weight excluding hydrogens is 390 g/mol. The highest BCUT2D eigenvalue weighted by Crippen LogP contribution is 2.34. The predicted molar refractivity (Wildman–Crippen MR) is 122 cm³/mol. The summed E-state index contributed by atoms with van der Waals surface area (Å²) in [7, 11) is 1.60. The van der Waals surface area contributed by atoms with Crippen LogP contribution in [0.5, 0.6) is 5.75 Å². The molecule has 0 saturated heterocycles. The highest BCUT2D eigenvalue weighted by Gasteiger charge is 2.31. The number of carbonyl (C=O) groups excluding carboxylic acids is 2. The fourth-order valence-electron chi connectivity index (χ4n) is 3.82. The molecule has 3 aromatic rings. The number of anilines is 2. The zero-order chi connectivity index (χ0) is 21.8. The number of nitrogens with one attached hydrogen (secondary N) is 2. The van der Waals surface area contributed by atoms with Crippen LogP contribution in [-0.4, -0.2) is 25.1 Å². The van der Waals surface area contributed by atoms with Crippen LogP contribution in [0.3, 0.4) is 0 Å². The quantitative estimate of drug-likeness (QED) is 0.639. The summed E-state index contributed by atoms with van der Waals surface area (Å²) in [5.74, 6) is 0.724. The second-order valence-electron chi connectivity index (χ2n) is 7.59. The third-order valence-electron chi connectivity index (χ3n) is 5.41. The van der Waals surface area contributed by atoms with Crippen molar-refractivity contribution in [3.05, 3.63) is 89.5 Å². The molecule has 0 spiro atoms. The molecule has 0 fully saturated rings. The molecule has 2 N–H and O–H groups in total. The zero-order valence-electron chi connectivity index (χ0n) is 17.6. The van der Waals surface area contributed by atoms with Gasteiger partial charge in [0, 0.05) is 29.5 Å². The van der Waals surface area contributed by atoms with Crippen LogP contribution in [0.4, 0.5) is 16.2 Å². The lowest BCUT2D eigenvalue weighted by molar-refractivity contribution is 0.0981. The maximum Gasteiger partial charge on any atom is 0.319 e. The van der Waals surface area contributed by atoms with Crippen LogP contribution >= 0.6 is 0 Å². The summed E-state index contributed by atoms with van der Waals surface area (Å²) in [5.41, 5.74) is 4.34. The number of hydrogen-bond donors (Lipinski definition) is 2. The average Bonchev–Trinajstić information content (AvgIpc) is 3.13. The first-order valence-corrected chi connectivity index (χ1v) is 10.2. The smallest absolute Gasteiger partial charge is 0.319 e. The highest BCUT2D eigenvalue weighted by atomic mass is 16.5. The largest absolute Gasteiger partial charge is 0.497 e. The SMILES string of the molecule is COc1ccc(NC(=O)NCc2ccc3c(c2)N(C(=O)c2ccccc2)C(C)C3)cc1. The fraction of sp³-hybridized carbons (Fsp3) is 0.200. The minimum absolute atomic E-state index is 0.00536. The highest BCUT2D eigenvalue weighted by molar-refractivity contribution is 6.07. The van der Waals surface area contributed by atoms with Gasteiger partial charge in [-0.15, -0.1) is 0 Å². The van der Waals surface area contributed by atoms with Crippen molar-refractivity contribution in [2.75, 3.05) is 17.3 Å². The van der Waals surface area contributed by atoms with E-state index in [1.54, 1.807) is 31.4 Å². The van der Waals surface area contributed by atoms with Gasteiger partial charge in [-0.05, 0) is 66.9 Å². The average molecular weight is 415 g/mol. The second-order valence-corrected chi connectivity index (χ2v) is 7.59. The number of carbonyl (C=O) groups is 2. The van der Waals surface area contributed by atoms with Crippen molar-refractivity contribution in [1.82, 2.24) is 5.32 Å². The van der Waals surface area contributed by atoms with Gasteiger partial charge >= 0.3 is 6.03 Å². The molecule has 158 valence electrons. The van der Waals surface area contributed by atoms with E-state index in [0.717, 1.165) is 29.0 Å². The Morgan fingerprint density at radius 3 is 2.48 bits per heavy atom. The molecule has 1 heterocycles. The topological polar surface area (TPSA) is 70.7 Å². The number of fused-ring (bicyclic) bond motifs is 1. The minimum atomic E-state index is -0.295. The number of urea groups is 1. The first-order valence-electron chi connectivity index (χ1n) is 10.2. The Labute approximate surface area is 181 Å². The fourth-order valence-corrected chi connectivity index (χ4v) is 3.82. The third-order valence-corrected chi connectivity index (χ3v) is 5.41. The molecule has 0 bridgehead atoms. The Morgan fingerprint density at radius 2 is 1.77 bits per heavy atom. The van der Waals surface area contributed by atoms with Gasteiger partial charge in [0.05, 0.1) is 7.11 Å². The van der Waals surface area contributed by atoms with Gasteiger partial charge in [0.2, 0.25) is 0 Å². The van der Waals surface area contributed by atoms with E-state index in [9.17, 15) is 9.59 Å². The number of rotatable bonds is 5. The molecule has 0 aliphatic carbocycles. The summed E-state index contributed by atoms with van der Waals surface area (Å²) in [5, 5.41) is 5.67. The van der Waals surface area contributed by atoms with Gasteiger partial charge in [0.25, 0.3) is 5.91 Å².